The van der Waals surface area contributed by atoms with Crippen LogP contribution in [0.5, 0.6) is 0 Å². The third-order valence-corrected chi connectivity index (χ3v) is 7.11. The number of imidazole rings is 1. The molecule has 0 aliphatic heterocycles. The second-order valence-corrected chi connectivity index (χ2v) is 10.3. The fraction of sp³-hybridized carbons (Fsp3) is 0.0667. The molecular weight excluding hydrogens is 575 g/mol. The van der Waals surface area contributed by atoms with Gasteiger partial charge in [0.2, 0.25) is 11.5 Å². The van der Waals surface area contributed by atoms with E-state index in [9.17, 15) is 9.59 Å². The van der Waals surface area contributed by atoms with Crippen LogP contribution in [0, 0.1) is 0 Å². The molecule has 1 atom stereocenters. The van der Waals surface area contributed by atoms with E-state index in [4.69, 9.17) is 28.2 Å². The summed E-state index contributed by atoms with van der Waals surface area (Å²) < 4.78 is 1.49. The van der Waals surface area contributed by atoms with Gasteiger partial charge in [0, 0.05) is 33.8 Å². The van der Waals surface area contributed by atoms with E-state index in [2.05, 4.69) is 30.8 Å². The standard InChI is InChI=1S/C30H22Cl2N8O2/c31-22-9-11-25(40-17-33-38-39-40)20(16-22)8-13-27(42)35-24(14-18-4-2-1-3-5-18)30-36-28(29(32)37-30)21-6-10-23-19(15-21)7-12-26(41)34-23/h1-13,15-17,24H,14H2,(H,34,41)(H,35,42)(H,36,37)/t24-/m0/s1. The minimum atomic E-state index is -0.522. The van der Waals surface area contributed by atoms with Gasteiger partial charge in [-0.15, -0.1) is 5.10 Å². The molecule has 3 heterocycles. The van der Waals surface area contributed by atoms with Crippen LogP contribution in [0.3, 0.4) is 0 Å². The number of carbonyl (C=O) groups is 1. The summed E-state index contributed by atoms with van der Waals surface area (Å²) in [6, 6.07) is 23.2. The van der Waals surface area contributed by atoms with E-state index in [0.29, 0.717) is 44.9 Å². The van der Waals surface area contributed by atoms with Crippen molar-refractivity contribution in [1.82, 2.24) is 40.5 Å². The van der Waals surface area contributed by atoms with E-state index >= 15 is 0 Å². The molecule has 3 aromatic carbocycles. The minimum absolute atomic E-state index is 0.175. The summed E-state index contributed by atoms with van der Waals surface area (Å²) in [4.78, 5) is 35.6. The molecule has 0 saturated carbocycles. The lowest BCUT2D eigenvalue weighted by atomic mass is 10.1. The quantitative estimate of drug-likeness (QED) is 0.204. The van der Waals surface area contributed by atoms with E-state index < -0.39 is 6.04 Å². The Hall–Kier alpha value is -5.06. The summed E-state index contributed by atoms with van der Waals surface area (Å²) in [6.07, 6.45) is 5.00. The third-order valence-electron chi connectivity index (χ3n) is 6.60. The number of pyridine rings is 1. The molecule has 6 aromatic rings. The summed E-state index contributed by atoms with van der Waals surface area (Å²) in [5.41, 5.74) is 4.16. The van der Waals surface area contributed by atoms with Crippen molar-refractivity contribution >= 4 is 46.1 Å². The number of aromatic nitrogens is 7. The molecule has 0 bridgehead atoms. The van der Waals surface area contributed by atoms with Crippen LogP contribution < -0.4 is 10.9 Å². The van der Waals surface area contributed by atoms with Crippen LogP contribution in [-0.2, 0) is 11.2 Å². The molecule has 0 fully saturated rings. The Morgan fingerprint density at radius 3 is 2.67 bits per heavy atom. The molecular formula is C30H22Cl2N8O2. The highest BCUT2D eigenvalue weighted by molar-refractivity contribution is 6.32. The number of nitrogens with one attached hydrogen (secondary N) is 3. The summed E-state index contributed by atoms with van der Waals surface area (Å²) in [7, 11) is 0. The first kappa shape index (κ1) is 27.1. The average molecular weight is 597 g/mol. The molecule has 6 rings (SSSR count). The summed E-state index contributed by atoms with van der Waals surface area (Å²) >= 11 is 12.8. The fourth-order valence-corrected chi connectivity index (χ4v) is 5.05. The maximum absolute atomic E-state index is 13.2. The molecule has 3 N–H and O–H groups in total. The van der Waals surface area contributed by atoms with Crippen molar-refractivity contribution in [1.29, 1.82) is 0 Å². The molecule has 0 aliphatic carbocycles. The van der Waals surface area contributed by atoms with Gasteiger partial charge in [-0.1, -0.05) is 59.6 Å². The Bertz CT molecular complexity index is 1970. The Morgan fingerprint density at radius 2 is 1.86 bits per heavy atom. The molecule has 0 spiro atoms. The fourth-order valence-electron chi connectivity index (χ4n) is 4.62. The highest BCUT2D eigenvalue weighted by atomic mass is 35.5. The van der Waals surface area contributed by atoms with Crippen LogP contribution in [0.15, 0.2) is 96.1 Å². The van der Waals surface area contributed by atoms with Crippen molar-refractivity contribution in [2.45, 2.75) is 12.5 Å². The minimum Gasteiger partial charge on any atom is -0.342 e. The lowest BCUT2D eigenvalue weighted by molar-refractivity contribution is -0.117. The van der Waals surface area contributed by atoms with E-state index in [1.807, 2.05) is 48.5 Å². The summed E-state index contributed by atoms with van der Waals surface area (Å²) in [5.74, 6) is 0.154. The van der Waals surface area contributed by atoms with Crippen molar-refractivity contribution in [2.75, 3.05) is 0 Å². The van der Waals surface area contributed by atoms with Gasteiger partial charge in [-0.3, -0.25) is 9.59 Å². The van der Waals surface area contributed by atoms with Gasteiger partial charge in [0.25, 0.3) is 0 Å². The van der Waals surface area contributed by atoms with Gasteiger partial charge in [-0.2, -0.15) is 4.68 Å². The molecule has 42 heavy (non-hydrogen) atoms. The topological polar surface area (TPSA) is 134 Å². The lowest BCUT2D eigenvalue weighted by Crippen LogP contribution is -2.29. The molecule has 3 aromatic heterocycles. The lowest BCUT2D eigenvalue weighted by Gasteiger charge is -2.16. The van der Waals surface area contributed by atoms with Crippen LogP contribution in [0.2, 0.25) is 10.2 Å². The Balaban J connectivity index is 1.30. The maximum atomic E-state index is 13.2. The van der Waals surface area contributed by atoms with Crippen LogP contribution in [-0.4, -0.2) is 41.1 Å². The van der Waals surface area contributed by atoms with E-state index in [1.54, 1.807) is 30.3 Å². The number of benzene rings is 3. The average Bonchev–Trinajstić information content (AvgIpc) is 3.66. The van der Waals surface area contributed by atoms with Crippen molar-refractivity contribution in [2.24, 2.45) is 0 Å². The normalized spacial score (nSPS) is 12.1. The van der Waals surface area contributed by atoms with Crippen molar-refractivity contribution in [3.63, 3.8) is 0 Å². The third kappa shape index (κ3) is 5.99. The Labute approximate surface area is 249 Å². The first-order valence-electron chi connectivity index (χ1n) is 12.9. The van der Waals surface area contributed by atoms with E-state index in [1.165, 1.54) is 23.2 Å². The Morgan fingerprint density at radius 1 is 1.00 bits per heavy atom. The van der Waals surface area contributed by atoms with Gasteiger partial charge in [-0.25, -0.2) is 4.98 Å². The number of H-pyrrole nitrogens is 2. The van der Waals surface area contributed by atoms with Gasteiger partial charge >= 0.3 is 0 Å². The number of hydrogen-bond acceptors (Lipinski definition) is 6. The predicted octanol–water partition coefficient (Wildman–Crippen LogP) is 5.31. The predicted molar refractivity (Wildman–Crippen MR) is 161 cm³/mol. The van der Waals surface area contributed by atoms with Crippen LogP contribution in [0.1, 0.15) is 23.0 Å². The Kier molecular flexibility index (Phi) is 7.63. The second kappa shape index (κ2) is 11.8. The van der Waals surface area contributed by atoms with Crippen molar-refractivity contribution in [3.05, 3.63) is 129 Å². The molecule has 1 amide bonds. The van der Waals surface area contributed by atoms with Crippen LogP contribution >= 0.6 is 23.2 Å². The maximum Gasteiger partial charge on any atom is 0.248 e. The first-order chi connectivity index (χ1) is 20.4. The molecule has 0 unspecified atom stereocenters. The van der Waals surface area contributed by atoms with Crippen molar-refractivity contribution in [3.8, 4) is 16.9 Å². The zero-order valence-corrected chi connectivity index (χ0v) is 23.3. The molecule has 208 valence electrons. The number of aromatic amines is 2. The number of carbonyl (C=O) groups excluding carboxylic acids is 1. The molecule has 0 saturated heterocycles. The number of amides is 1. The highest BCUT2D eigenvalue weighted by Gasteiger charge is 2.21. The second-order valence-electron chi connectivity index (χ2n) is 9.45. The molecule has 0 radical (unpaired) electrons. The molecule has 12 heteroatoms. The van der Waals surface area contributed by atoms with Gasteiger partial charge in [0.1, 0.15) is 23.0 Å². The van der Waals surface area contributed by atoms with E-state index in [-0.39, 0.29) is 11.5 Å². The van der Waals surface area contributed by atoms with E-state index in [0.717, 1.165) is 16.5 Å². The van der Waals surface area contributed by atoms with Gasteiger partial charge in [0.05, 0.1) is 11.7 Å². The van der Waals surface area contributed by atoms with Crippen LogP contribution in [0.25, 0.3) is 33.9 Å². The monoisotopic (exact) mass is 596 g/mol. The number of fused-ring (bicyclic) bond motifs is 1. The first-order valence-corrected chi connectivity index (χ1v) is 13.6. The van der Waals surface area contributed by atoms with Crippen molar-refractivity contribution < 1.29 is 4.79 Å². The van der Waals surface area contributed by atoms with Gasteiger partial charge in [-0.05, 0) is 70.3 Å². The zero-order valence-electron chi connectivity index (χ0n) is 21.8. The van der Waals surface area contributed by atoms with Crippen LogP contribution in [0.4, 0.5) is 0 Å². The number of hydrogen-bond donors (Lipinski definition) is 3. The number of rotatable bonds is 8. The molecule has 0 aliphatic rings. The zero-order chi connectivity index (χ0) is 29.1. The highest BCUT2D eigenvalue weighted by Crippen LogP contribution is 2.30. The molecule has 10 nitrogen and oxygen atoms in total. The van der Waals surface area contributed by atoms with Gasteiger partial charge < -0.3 is 15.3 Å². The number of nitrogens with zero attached hydrogens (tertiary/aromatic N) is 5. The largest absolute Gasteiger partial charge is 0.342 e. The summed E-state index contributed by atoms with van der Waals surface area (Å²) in [6.45, 7) is 0. The van der Waals surface area contributed by atoms with Gasteiger partial charge in [0.15, 0.2) is 0 Å². The SMILES string of the molecule is O=C(C=Cc1cc(Cl)ccc1-n1cnnn1)N[C@@H](Cc1ccccc1)c1nc(-c2ccc3[nH]c(=O)ccc3c2)c(Cl)[nH]1. The number of tetrazole rings is 1. The number of halogens is 2. The smallest absolute Gasteiger partial charge is 0.248 e. The summed E-state index contributed by atoms with van der Waals surface area (Å²) in [5, 5.41) is 16.0.